The first kappa shape index (κ1) is 8.77. The summed E-state index contributed by atoms with van der Waals surface area (Å²) in [5, 5.41) is 0. The van der Waals surface area contributed by atoms with Crippen LogP contribution in [0.3, 0.4) is 0 Å². The molecule has 0 N–H and O–H groups in total. The smallest absolute Gasteiger partial charge is 0.150 e. The number of hydrogen-bond acceptors (Lipinski definition) is 2. The Bertz CT molecular complexity index is 202. The lowest BCUT2D eigenvalue weighted by molar-refractivity contribution is 0.546. The van der Waals surface area contributed by atoms with E-state index in [9.17, 15) is 8.42 Å². The van der Waals surface area contributed by atoms with Crippen molar-refractivity contribution in [2.45, 2.75) is 23.2 Å². The number of sulfone groups is 1. The van der Waals surface area contributed by atoms with Crippen LogP contribution in [0.2, 0.25) is 0 Å². The molecule has 1 heterocycles. The van der Waals surface area contributed by atoms with Crippen molar-refractivity contribution in [3.05, 3.63) is 0 Å². The Hall–Kier alpha value is 0.680. The summed E-state index contributed by atoms with van der Waals surface area (Å²) in [5.74, 6) is 0.763. The molecule has 0 aromatic rings. The molecule has 4 heteroatoms. The third kappa shape index (κ3) is 2.38. The van der Waals surface area contributed by atoms with E-state index in [1.165, 1.54) is 0 Å². The van der Waals surface area contributed by atoms with E-state index in [0.29, 0.717) is 11.5 Å². The van der Waals surface area contributed by atoms with Gasteiger partial charge >= 0.3 is 0 Å². The van der Waals surface area contributed by atoms with Gasteiger partial charge in [-0.25, -0.2) is 8.42 Å². The van der Waals surface area contributed by atoms with Gasteiger partial charge in [-0.05, 0) is 12.8 Å². The maximum absolute atomic E-state index is 10.9. The molecule has 10 heavy (non-hydrogen) atoms. The van der Waals surface area contributed by atoms with Crippen LogP contribution in [0.25, 0.3) is 0 Å². The molecule has 0 spiro atoms. The monoisotopic (exact) mass is 274 g/mol. The topological polar surface area (TPSA) is 34.1 Å². The van der Waals surface area contributed by atoms with Crippen molar-refractivity contribution < 1.29 is 8.42 Å². The Labute approximate surface area is 75.4 Å². The second kappa shape index (κ2) is 2.62. The summed E-state index contributed by atoms with van der Waals surface area (Å²) in [7, 11) is -2.66. The molecule has 0 amide bonds. The Morgan fingerprint density at radius 3 is 2.00 bits per heavy atom. The summed E-state index contributed by atoms with van der Waals surface area (Å²) in [6.07, 6.45) is 1.63. The molecular formula is C6H11IO2S. The molecule has 2 nitrogen and oxygen atoms in total. The van der Waals surface area contributed by atoms with E-state index in [2.05, 4.69) is 29.5 Å². The SMILES string of the molecule is CC1(I)CCS(=O)(=O)CC1. The molecule has 0 saturated carbocycles. The Morgan fingerprint density at radius 2 is 1.70 bits per heavy atom. The maximum Gasteiger partial charge on any atom is 0.150 e. The highest BCUT2D eigenvalue weighted by Gasteiger charge is 2.30. The molecule has 0 radical (unpaired) electrons. The molecule has 1 saturated heterocycles. The Kier molecular flexibility index (Phi) is 2.30. The first-order valence-electron chi connectivity index (χ1n) is 3.31. The van der Waals surface area contributed by atoms with Gasteiger partial charge in [-0.1, -0.05) is 29.5 Å². The van der Waals surface area contributed by atoms with Crippen molar-refractivity contribution in [2.24, 2.45) is 0 Å². The van der Waals surface area contributed by atoms with E-state index < -0.39 is 9.84 Å². The van der Waals surface area contributed by atoms with E-state index in [0.717, 1.165) is 12.8 Å². The lowest BCUT2D eigenvalue weighted by Gasteiger charge is -2.26. The number of hydrogen-bond donors (Lipinski definition) is 0. The second-order valence-corrected chi connectivity index (χ2v) is 7.97. The van der Waals surface area contributed by atoms with Crippen molar-refractivity contribution in [1.82, 2.24) is 0 Å². The quantitative estimate of drug-likeness (QED) is 0.494. The molecule has 0 bridgehead atoms. The molecule has 0 unspecified atom stereocenters. The van der Waals surface area contributed by atoms with Gasteiger partial charge in [0, 0.05) is 3.42 Å². The minimum absolute atomic E-state index is 0.225. The van der Waals surface area contributed by atoms with Crippen LogP contribution in [0.15, 0.2) is 0 Å². The van der Waals surface area contributed by atoms with Crippen molar-refractivity contribution >= 4 is 32.4 Å². The molecule has 1 rings (SSSR count). The molecule has 1 aliphatic rings. The van der Waals surface area contributed by atoms with Gasteiger partial charge in [0.2, 0.25) is 0 Å². The fourth-order valence-corrected chi connectivity index (χ4v) is 3.96. The van der Waals surface area contributed by atoms with Gasteiger partial charge in [-0.3, -0.25) is 0 Å². The molecule has 60 valence electrons. The van der Waals surface area contributed by atoms with Crippen molar-refractivity contribution in [2.75, 3.05) is 11.5 Å². The zero-order valence-corrected chi connectivity index (χ0v) is 8.91. The van der Waals surface area contributed by atoms with Crippen LogP contribution >= 0.6 is 22.6 Å². The lowest BCUT2D eigenvalue weighted by atomic mass is 10.1. The highest BCUT2D eigenvalue weighted by Crippen LogP contribution is 2.31. The van der Waals surface area contributed by atoms with E-state index in [1.54, 1.807) is 0 Å². The van der Waals surface area contributed by atoms with Gasteiger partial charge in [-0.15, -0.1) is 0 Å². The zero-order chi connectivity index (χ0) is 7.83. The first-order valence-corrected chi connectivity index (χ1v) is 6.21. The van der Waals surface area contributed by atoms with Crippen LogP contribution in [0.5, 0.6) is 0 Å². The van der Waals surface area contributed by atoms with Crippen molar-refractivity contribution in [1.29, 1.82) is 0 Å². The second-order valence-electron chi connectivity index (χ2n) is 3.07. The fraction of sp³-hybridized carbons (Fsp3) is 1.00. The predicted molar refractivity (Wildman–Crippen MR) is 50.3 cm³/mol. The average Bonchev–Trinajstić information content (AvgIpc) is 1.79. The minimum Gasteiger partial charge on any atom is -0.229 e. The minimum atomic E-state index is -2.66. The maximum atomic E-state index is 10.9. The predicted octanol–water partition coefficient (Wildman–Crippen LogP) is 1.39. The first-order chi connectivity index (χ1) is 4.41. The van der Waals surface area contributed by atoms with Gasteiger partial charge in [-0.2, -0.15) is 0 Å². The summed E-state index contributed by atoms with van der Waals surface area (Å²) in [6, 6.07) is 0. The van der Waals surface area contributed by atoms with Crippen LogP contribution in [0.4, 0.5) is 0 Å². The third-order valence-electron chi connectivity index (χ3n) is 1.87. The normalized spacial score (nSPS) is 29.8. The van der Waals surface area contributed by atoms with Gasteiger partial charge in [0.25, 0.3) is 0 Å². The highest BCUT2D eigenvalue weighted by atomic mass is 127. The molecule has 0 aliphatic carbocycles. The van der Waals surface area contributed by atoms with Gasteiger partial charge in [0.15, 0.2) is 0 Å². The number of rotatable bonds is 0. The summed E-state index contributed by atoms with van der Waals surface area (Å²) < 4.78 is 22.1. The van der Waals surface area contributed by atoms with Crippen LogP contribution in [0, 0.1) is 0 Å². The van der Waals surface area contributed by atoms with Crippen LogP contribution in [0.1, 0.15) is 19.8 Å². The highest BCUT2D eigenvalue weighted by molar-refractivity contribution is 14.1. The van der Waals surface area contributed by atoms with Crippen LogP contribution in [-0.2, 0) is 9.84 Å². The van der Waals surface area contributed by atoms with Crippen molar-refractivity contribution in [3.63, 3.8) is 0 Å². The standard InChI is InChI=1S/C6H11IO2S/c1-6(7)2-4-10(8,9)5-3-6/h2-5H2,1H3. The van der Waals surface area contributed by atoms with Crippen LogP contribution in [-0.4, -0.2) is 23.3 Å². The van der Waals surface area contributed by atoms with E-state index >= 15 is 0 Å². The molecule has 0 aromatic carbocycles. The average molecular weight is 274 g/mol. The molecule has 0 aromatic heterocycles. The lowest BCUT2D eigenvalue weighted by Crippen LogP contribution is -2.31. The Morgan fingerprint density at radius 1 is 1.30 bits per heavy atom. The van der Waals surface area contributed by atoms with E-state index in [4.69, 9.17) is 0 Å². The van der Waals surface area contributed by atoms with E-state index in [-0.39, 0.29) is 3.42 Å². The fourth-order valence-electron chi connectivity index (χ4n) is 0.964. The summed E-state index contributed by atoms with van der Waals surface area (Å²) in [6.45, 7) is 2.11. The molecule has 1 fully saturated rings. The third-order valence-corrected chi connectivity index (χ3v) is 4.60. The zero-order valence-electron chi connectivity index (χ0n) is 5.93. The Balaban J connectivity index is 2.63. The van der Waals surface area contributed by atoms with Gasteiger partial charge in [0.1, 0.15) is 9.84 Å². The van der Waals surface area contributed by atoms with E-state index in [1.807, 2.05) is 0 Å². The summed E-state index contributed by atoms with van der Waals surface area (Å²) >= 11 is 2.34. The summed E-state index contributed by atoms with van der Waals surface area (Å²) in [5.41, 5.74) is 0. The van der Waals surface area contributed by atoms with Gasteiger partial charge < -0.3 is 0 Å². The van der Waals surface area contributed by atoms with Crippen LogP contribution < -0.4 is 0 Å². The number of halogens is 1. The largest absolute Gasteiger partial charge is 0.229 e. The summed E-state index contributed by atoms with van der Waals surface area (Å²) in [4.78, 5) is 0. The number of alkyl halides is 1. The molecule has 1 aliphatic heterocycles. The van der Waals surface area contributed by atoms with Crippen molar-refractivity contribution in [3.8, 4) is 0 Å². The molecule has 0 atom stereocenters. The molecular weight excluding hydrogens is 263 g/mol. The van der Waals surface area contributed by atoms with Gasteiger partial charge in [0.05, 0.1) is 11.5 Å².